The summed E-state index contributed by atoms with van der Waals surface area (Å²) in [5.74, 6) is 0.629. The number of aromatic amines is 1. The largest absolute Gasteiger partial charge is 0.507 e. The molecule has 1 atom stereocenters. The number of thioether (sulfide) groups is 1. The third-order valence-corrected chi connectivity index (χ3v) is 8.34. The number of carbonyl (C=O) groups is 1. The lowest BCUT2D eigenvalue weighted by Gasteiger charge is -2.33. The van der Waals surface area contributed by atoms with Crippen LogP contribution in [-0.4, -0.2) is 51.1 Å². The summed E-state index contributed by atoms with van der Waals surface area (Å²) in [6.45, 7) is 11.7. The van der Waals surface area contributed by atoms with E-state index in [1.54, 1.807) is 4.90 Å². The highest BCUT2D eigenvalue weighted by Crippen LogP contribution is 2.44. The van der Waals surface area contributed by atoms with Crippen molar-refractivity contribution in [3.63, 3.8) is 0 Å². The van der Waals surface area contributed by atoms with Crippen molar-refractivity contribution in [3.05, 3.63) is 63.8 Å². The van der Waals surface area contributed by atoms with Gasteiger partial charge in [0.15, 0.2) is 12.1 Å². The lowest BCUT2D eigenvalue weighted by atomic mass is 9.77. The zero-order valence-corrected chi connectivity index (χ0v) is 24.5. The highest BCUT2D eigenvalue weighted by Gasteiger charge is 2.33. The van der Waals surface area contributed by atoms with Gasteiger partial charge in [0.05, 0.1) is 23.7 Å². The molecule has 9 nitrogen and oxygen atoms in total. The molecule has 1 fully saturated rings. The summed E-state index contributed by atoms with van der Waals surface area (Å²) in [4.78, 5) is 17.0. The smallest absolute Gasteiger partial charge is 0.265 e. The number of nitrogens with zero attached hydrogens (tertiary/aromatic N) is 4. The fourth-order valence-corrected chi connectivity index (χ4v) is 6.07. The van der Waals surface area contributed by atoms with Crippen LogP contribution < -0.4 is 4.90 Å². The third-order valence-electron chi connectivity index (χ3n) is 7.26. The summed E-state index contributed by atoms with van der Waals surface area (Å²) < 4.78 is 11.9. The first-order chi connectivity index (χ1) is 19.0. The first-order valence-electron chi connectivity index (χ1n) is 13.7. The number of ether oxygens (including phenoxy) is 2. The van der Waals surface area contributed by atoms with E-state index in [1.807, 2.05) is 42.5 Å². The molecule has 0 spiro atoms. The average Bonchev–Trinajstić information content (AvgIpc) is 3.44. The highest BCUT2D eigenvalue weighted by atomic mass is 32.2. The molecule has 3 aromatic rings. The maximum Gasteiger partial charge on any atom is 0.265 e. The third kappa shape index (κ3) is 6.09. The summed E-state index contributed by atoms with van der Waals surface area (Å²) in [7, 11) is 0. The van der Waals surface area contributed by atoms with E-state index >= 15 is 0 Å². The van der Waals surface area contributed by atoms with Crippen LogP contribution >= 0.6 is 11.8 Å². The molecule has 0 aliphatic carbocycles. The second kappa shape index (κ2) is 11.3. The number of rotatable bonds is 7. The van der Waals surface area contributed by atoms with Crippen molar-refractivity contribution in [2.24, 2.45) is 0 Å². The van der Waals surface area contributed by atoms with E-state index in [1.165, 1.54) is 11.8 Å². The molecule has 2 N–H and O–H groups in total. The number of amides is 1. The van der Waals surface area contributed by atoms with Crippen molar-refractivity contribution in [2.45, 2.75) is 82.4 Å². The maximum absolute atomic E-state index is 13.8. The molecule has 0 radical (unpaired) electrons. The van der Waals surface area contributed by atoms with E-state index in [0.29, 0.717) is 23.9 Å². The van der Waals surface area contributed by atoms with Crippen molar-refractivity contribution in [1.82, 2.24) is 20.6 Å². The monoisotopic (exact) mass is 563 g/mol. The van der Waals surface area contributed by atoms with Gasteiger partial charge in [-0.2, -0.15) is 0 Å². The molecule has 212 valence electrons. The Morgan fingerprint density at radius 2 is 1.95 bits per heavy atom. The number of aromatic nitrogens is 4. The molecule has 0 bridgehead atoms. The number of hydrogen-bond acceptors (Lipinski definition) is 8. The number of carbonyl (C=O) groups excluding carboxylic acids is 1. The summed E-state index contributed by atoms with van der Waals surface area (Å²) in [6, 6.07) is 11.8. The Balaban J connectivity index is 1.52. The van der Waals surface area contributed by atoms with Crippen LogP contribution in [0.1, 0.15) is 76.4 Å². The number of hydrogen-bond donors (Lipinski definition) is 2. The molecular weight excluding hydrogens is 526 g/mol. The van der Waals surface area contributed by atoms with Crippen molar-refractivity contribution in [3.8, 4) is 5.75 Å². The molecule has 5 rings (SSSR count). The number of anilines is 1. The topological polar surface area (TPSA) is 113 Å². The molecule has 1 unspecified atom stereocenters. The van der Waals surface area contributed by atoms with Crippen LogP contribution in [0, 0.1) is 0 Å². The van der Waals surface area contributed by atoms with Crippen LogP contribution in [0.15, 0.2) is 46.2 Å². The minimum absolute atomic E-state index is 0.135. The van der Waals surface area contributed by atoms with Crippen LogP contribution in [-0.2, 0) is 31.6 Å². The number of benzene rings is 2. The van der Waals surface area contributed by atoms with E-state index in [4.69, 9.17) is 9.47 Å². The Morgan fingerprint density at radius 3 is 2.65 bits per heavy atom. The van der Waals surface area contributed by atoms with Gasteiger partial charge in [0.1, 0.15) is 5.75 Å². The minimum atomic E-state index is -0.499. The Bertz CT molecular complexity index is 1390. The molecule has 2 aliphatic heterocycles. The molecule has 1 saturated heterocycles. The van der Waals surface area contributed by atoms with E-state index in [0.717, 1.165) is 46.5 Å². The van der Waals surface area contributed by atoms with Crippen molar-refractivity contribution < 1.29 is 19.4 Å². The molecule has 3 heterocycles. The molecular formula is C30H37N5O4S. The van der Waals surface area contributed by atoms with Crippen molar-refractivity contribution in [2.75, 3.05) is 18.1 Å². The molecule has 40 heavy (non-hydrogen) atoms. The molecule has 10 heteroatoms. The summed E-state index contributed by atoms with van der Waals surface area (Å²) in [5, 5.41) is 25.5. The van der Waals surface area contributed by atoms with Gasteiger partial charge in [-0.25, -0.2) is 5.10 Å². The fourth-order valence-electron chi connectivity index (χ4n) is 5.02. The number of para-hydroxylation sites is 1. The number of tetrazole rings is 1. The second-order valence-electron chi connectivity index (χ2n) is 12.0. The minimum Gasteiger partial charge on any atom is -0.507 e. The zero-order chi connectivity index (χ0) is 28.5. The van der Waals surface area contributed by atoms with Crippen LogP contribution in [0.2, 0.25) is 0 Å². The molecule has 1 amide bonds. The van der Waals surface area contributed by atoms with Gasteiger partial charge < -0.3 is 14.6 Å². The number of fused-ring (bicyclic) bond motifs is 1. The molecule has 0 saturated carbocycles. The molecule has 1 aromatic heterocycles. The Morgan fingerprint density at radius 1 is 1.18 bits per heavy atom. The number of aromatic hydroxyl groups is 1. The molecule has 2 aromatic carbocycles. The Labute approximate surface area is 239 Å². The van der Waals surface area contributed by atoms with Gasteiger partial charge in [0.2, 0.25) is 0 Å². The number of phenols is 1. The maximum atomic E-state index is 13.8. The van der Waals surface area contributed by atoms with Crippen molar-refractivity contribution >= 4 is 29.4 Å². The average molecular weight is 564 g/mol. The Hall–Kier alpha value is -3.21. The van der Waals surface area contributed by atoms with Gasteiger partial charge in [0, 0.05) is 28.0 Å². The normalized spacial score (nSPS) is 19.2. The van der Waals surface area contributed by atoms with Gasteiger partial charge in [0.25, 0.3) is 5.91 Å². The SMILES string of the molecule is CC(C)(C)c1cc(C=C2Sc3ccccc3N(Cc3nnn[nH]3)C2=O)cc(C(C)(C)COC2CCCCO2)c1O. The predicted octanol–water partition coefficient (Wildman–Crippen LogP) is 5.70. The Kier molecular flexibility index (Phi) is 8.03. The van der Waals surface area contributed by atoms with Gasteiger partial charge in [-0.3, -0.25) is 9.69 Å². The summed E-state index contributed by atoms with van der Waals surface area (Å²) in [5.41, 5.74) is 2.43. The van der Waals surface area contributed by atoms with E-state index < -0.39 is 5.41 Å². The predicted molar refractivity (Wildman–Crippen MR) is 155 cm³/mol. The number of H-pyrrole nitrogens is 1. The first-order valence-corrected chi connectivity index (χ1v) is 14.5. The van der Waals surface area contributed by atoms with Gasteiger partial charge >= 0.3 is 0 Å². The lowest BCUT2D eigenvalue weighted by molar-refractivity contribution is -0.170. The second-order valence-corrected chi connectivity index (χ2v) is 13.1. The van der Waals surface area contributed by atoms with Gasteiger partial charge in [-0.05, 0) is 71.0 Å². The van der Waals surface area contributed by atoms with Crippen LogP contribution in [0.3, 0.4) is 0 Å². The van der Waals surface area contributed by atoms with E-state index in [9.17, 15) is 9.90 Å². The summed E-state index contributed by atoms with van der Waals surface area (Å²) in [6.07, 6.45) is 4.72. The van der Waals surface area contributed by atoms with Crippen LogP contribution in [0.4, 0.5) is 5.69 Å². The van der Waals surface area contributed by atoms with E-state index in [2.05, 4.69) is 55.2 Å². The number of nitrogens with one attached hydrogen (secondary N) is 1. The zero-order valence-electron chi connectivity index (χ0n) is 23.7. The van der Waals surface area contributed by atoms with E-state index in [-0.39, 0.29) is 29.9 Å². The van der Waals surface area contributed by atoms with Gasteiger partial charge in [-0.15, -0.1) is 5.10 Å². The first kappa shape index (κ1) is 28.3. The molecule has 2 aliphatic rings. The standard InChI is InChI=1S/C30H37N5O4S/c1-29(2,3)20-14-19(15-21(27(20)36)30(4,5)18-39-26-12-8-9-13-38-26)16-24-28(37)35(17-25-31-33-34-32-25)22-10-6-7-11-23(22)40-24/h6-7,10-11,14-16,26,36H,8-9,12-13,17-18H2,1-5H3,(H,31,32,33,34). The van der Waals surface area contributed by atoms with Crippen LogP contribution in [0.5, 0.6) is 5.75 Å². The lowest BCUT2D eigenvalue weighted by Crippen LogP contribution is -2.34. The summed E-state index contributed by atoms with van der Waals surface area (Å²) >= 11 is 1.44. The quantitative estimate of drug-likeness (QED) is 0.352. The highest BCUT2D eigenvalue weighted by molar-refractivity contribution is 8.04. The van der Waals surface area contributed by atoms with Crippen molar-refractivity contribution in [1.29, 1.82) is 0 Å². The van der Waals surface area contributed by atoms with Gasteiger partial charge in [-0.1, -0.05) is 58.5 Å². The fraction of sp³-hybridized carbons (Fsp3) is 0.467. The van der Waals surface area contributed by atoms with Crippen LogP contribution in [0.25, 0.3) is 6.08 Å². The number of phenolic OH excluding ortho intramolecular Hbond substituents is 1.